The fraction of sp³-hybridized carbons (Fsp3) is 0.348. The van der Waals surface area contributed by atoms with Crippen LogP contribution < -0.4 is 15.8 Å². The summed E-state index contributed by atoms with van der Waals surface area (Å²) in [4.78, 5) is 49.0. The van der Waals surface area contributed by atoms with Gasteiger partial charge in [-0.25, -0.2) is 9.59 Å². The topological polar surface area (TPSA) is 196 Å². The molecule has 12 heteroatoms. The van der Waals surface area contributed by atoms with E-state index >= 15 is 0 Å². The van der Waals surface area contributed by atoms with Crippen LogP contribution in [0, 0.1) is 11.3 Å². The van der Waals surface area contributed by atoms with Crippen molar-refractivity contribution in [1.82, 2.24) is 10.2 Å². The fourth-order valence-corrected chi connectivity index (χ4v) is 3.42. The zero-order chi connectivity index (χ0) is 26.3. The molecule has 35 heavy (non-hydrogen) atoms. The number of nitrogen functional groups attached to an aromatic ring is 1. The maximum absolute atomic E-state index is 12.8. The Balaban J connectivity index is 2.05. The molecule has 0 spiro atoms. The summed E-state index contributed by atoms with van der Waals surface area (Å²) in [6, 6.07) is 6.67. The van der Waals surface area contributed by atoms with Gasteiger partial charge in [0.25, 0.3) is 0 Å². The number of carboxylic acids is 2. The highest BCUT2D eigenvalue weighted by Gasteiger charge is 2.31. The predicted molar refractivity (Wildman–Crippen MR) is 123 cm³/mol. The Morgan fingerprint density at radius 1 is 1.11 bits per heavy atom. The van der Waals surface area contributed by atoms with Gasteiger partial charge in [-0.1, -0.05) is 13.8 Å². The molecule has 0 aliphatic carbocycles. The molecule has 188 valence electrons. The maximum Gasteiger partial charge on any atom is 0.379 e. The number of esters is 1. The Bertz CT molecular complexity index is 1090. The van der Waals surface area contributed by atoms with Crippen molar-refractivity contribution in [2.24, 2.45) is 11.7 Å². The van der Waals surface area contributed by atoms with E-state index in [0.29, 0.717) is 11.3 Å². The first-order chi connectivity index (χ1) is 16.4. The van der Waals surface area contributed by atoms with Gasteiger partial charge in [-0.05, 0) is 49.4 Å². The van der Waals surface area contributed by atoms with Gasteiger partial charge in [-0.2, -0.15) is 0 Å². The second-order valence-corrected chi connectivity index (χ2v) is 8.19. The van der Waals surface area contributed by atoms with Gasteiger partial charge in [0.05, 0.1) is 19.0 Å². The third-order valence-corrected chi connectivity index (χ3v) is 5.01. The van der Waals surface area contributed by atoms with Crippen LogP contribution >= 0.6 is 0 Å². The lowest BCUT2D eigenvalue weighted by Gasteiger charge is -2.30. The molecule has 1 aromatic heterocycles. The molecule has 12 nitrogen and oxygen atoms in total. The number of aliphatic carboxylic acids is 2. The molecule has 0 aliphatic rings. The van der Waals surface area contributed by atoms with Crippen molar-refractivity contribution in [3.63, 3.8) is 0 Å². The number of nitrogens with one attached hydrogen (secondary N) is 2. The quantitative estimate of drug-likeness (QED) is 0.126. The first-order valence-electron chi connectivity index (χ1n) is 10.6. The third-order valence-electron chi connectivity index (χ3n) is 5.01. The summed E-state index contributed by atoms with van der Waals surface area (Å²) in [5.41, 5.74) is 5.88. The van der Waals surface area contributed by atoms with E-state index in [-0.39, 0.29) is 29.8 Å². The molecule has 0 aliphatic heterocycles. The smallest absolute Gasteiger partial charge is 0.379 e. The highest BCUT2D eigenvalue weighted by molar-refractivity contribution is 5.95. The van der Waals surface area contributed by atoms with E-state index in [1.54, 1.807) is 31.9 Å². The van der Waals surface area contributed by atoms with Crippen molar-refractivity contribution < 1.29 is 38.5 Å². The average molecular weight is 488 g/mol. The summed E-state index contributed by atoms with van der Waals surface area (Å²) >= 11 is 0. The Labute approximate surface area is 201 Å². The Morgan fingerprint density at radius 3 is 2.26 bits per heavy atom. The van der Waals surface area contributed by atoms with E-state index in [2.05, 4.69) is 5.32 Å². The summed E-state index contributed by atoms with van der Waals surface area (Å²) < 4.78 is 10.8. The number of carbonyl (C=O) groups excluding carboxylic acids is 2. The Morgan fingerprint density at radius 2 is 1.74 bits per heavy atom. The number of amidine groups is 1. The number of benzene rings is 1. The lowest BCUT2D eigenvalue weighted by Crippen LogP contribution is -2.53. The number of furan rings is 1. The van der Waals surface area contributed by atoms with E-state index in [1.807, 2.05) is 0 Å². The number of hydrogen-bond acceptors (Lipinski definition) is 8. The molecule has 0 saturated carbocycles. The van der Waals surface area contributed by atoms with Crippen LogP contribution in [0.3, 0.4) is 0 Å². The van der Waals surface area contributed by atoms with Crippen molar-refractivity contribution in [1.29, 1.82) is 5.41 Å². The molecule has 0 radical (unpaired) electrons. The van der Waals surface area contributed by atoms with Crippen molar-refractivity contribution >= 4 is 29.7 Å². The fourth-order valence-electron chi connectivity index (χ4n) is 3.42. The minimum absolute atomic E-state index is 0.0676. The number of hydrogen-bond donors (Lipinski definition) is 5. The van der Waals surface area contributed by atoms with Gasteiger partial charge < -0.3 is 30.4 Å². The third kappa shape index (κ3) is 7.67. The second kappa shape index (κ2) is 11.8. The van der Waals surface area contributed by atoms with Crippen LogP contribution in [-0.2, 0) is 20.9 Å². The van der Waals surface area contributed by atoms with E-state index in [0.717, 1.165) is 0 Å². The van der Waals surface area contributed by atoms with Crippen LogP contribution in [0.5, 0.6) is 5.75 Å². The van der Waals surface area contributed by atoms with Crippen molar-refractivity contribution in [3.8, 4) is 5.75 Å². The lowest BCUT2D eigenvalue weighted by molar-refractivity contribution is -0.148. The molecule has 0 bridgehead atoms. The van der Waals surface area contributed by atoms with Gasteiger partial charge in [0.15, 0.2) is 0 Å². The zero-order valence-electron chi connectivity index (χ0n) is 19.5. The minimum Gasteiger partial charge on any atom is -0.481 e. The summed E-state index contributed by atoms with van der Waals surface area (Å²) in [5, 5.41) is 27.7. The SMILES string of the molecule is CC(C)C(C(=O)N[C@@H](CC(=O)O)C(=O)O)N(C)Cc1ccc(C(=O)Oc2ccc(C(=N)N)cc2)o1. The lowest BCUT2D eigenvalue weighted by atomic mass is 10.0. The molecule has 0 fully saturated rings. The first-order valence-corrected chi connectivity index (χ1v) is 10.6. The molecule has 2 atom stereocenters. The normalized spacial score (nSPS) is 12.7. The molecule has 2 rings (SSSR count). The van der Waals surface area contributed by atoms with Crippen molar-refractivity contribution in [3.05, 3.63) is 53.5 Å². The highest BCUT2D eigenvalue weighted by atomic mass is 16.5. The number of likely N-dealkylation sites (N-methyl/N-ethyl adjacent to an activating group) is 1. The van der Waals surface area contributed by atoms with Crippen LogP contribution in [0.4, 0.5) is 0 Å². The first kappa shape index (κ1) is 27.1. The standard InChI is InChI=1S/C23H28N4O8/c1-12(2)19(21(30)26-16(22(31)32)10-18(28)29)27(3)11-15-8-9-17(34-15)23(33)35-14-6-4-13(5-7-14)20(24)25/h4-9,12,16,19H,10-11H2,1-3H3,(H3,24,25)(H,26,30)(H,28,29)(H,31,32)/t16-,19?/m0/s1. The second-order valence-electron chi connectivity index (χ2n) is 8.19. The monoisotopic (exact) mass is 488 g/mol. The number of ether oxygens (including phenoxy) is 1. The number of nitrogens with two attached hydrogens (primary N) is 1. The summed E-state index contributed by atoms with van der Waals surface area (Å²) in [6.45, 7) is 3.62. The van der Waals surface area contributed by atoms with Gasteiger partial charge >= 0.3 is 17.9 Å². The average Bonchev–Trinajstić information content (AvgIpc) is 3.21. The summed E-state index contributed by atoms with van der Waals surface area (Å²) in [6.07, 6.45) is -0.753. The molecule has 1 amide bonds. The molecule has 1 aromatic carbocycles. The summed E-state index contributed by atoms with van der Waals surface area (Å²) in [7, 11) is 1.62. The minimum atomic E-state index is -1.57. The van der Waals surface area contributed by atoms with Crippen LogP contribution in [0.1, 0.15) is 42.1 Å². The predicted octanol–water partition coefficient (Wildman–Crippen LogP) is 1.28. The van der Waals surface area contributed by atoms with E-state index in [4.69, 9.17) is 25.4 Å². The molecular weight excluding hydrogens is 460 g/mol. The molecule has 2 aromatic rings. The van der Waals surface area contributed by atoms with Crippen LogP contribution in [0.15, 0.2) is 40.8 Å². The molecule has 1 unspecified atom stereocenters. The Kier molecular flexibility index (Phi) is 9.11. The van der Waals surface area contributed by atoms with Gasteiger partial charge in [-0.3, -0.25) is 19.9 Å². The van der Waals surface area contributed by atoms with Crippen LogP contribution in [-0.4, -0.2) is 63.9 Å². The van der Waals surface area contributed by atoms with Gasteiger partial charge in [0.2, 0.25) is 11.7 Å². The van der Waals surface area contributed by atoms with Crippen molar-refractivity contribution in [2.75, 3.05) is 7.05 Å². The number of nitrogens with zero attached hydrogens (tertiary/aromatic N) is 1. The van der Waals surface area contributed by atoms with Gasteiger partial charge in [0.1, 0.15) is 23.4 Å². The number of amides is 1. The number of rotatable bonds is 12. The van der Waals surface area contributed by atoms with Gasteiger partial charge in [-0.15, -0.1) is 0 Å². The van der Waals surface area contributed by atoms with Crippen LogP contribution in [0.2, 0.25) is 0 Å². The molecule has 1 heterocycles. The van der Waals surface area contributed by atoms with E-state index < -0.39 is 42.3 Å². The van der Waals surface area contributed by atoms with Gasteiger partial charge in [0, 0.05) is 5.56 Å². The largest absolute Gasteiger partial charge is 0.481 e. The van der Waals surface area contributed by atoms with Crippen molar-refractivity contribution in [2.45, 2.75) is 38.9 Å². The maximum atomic E-state index is 12.8. The molecular formula is C23H28N4O8. The van der Waals surface area contributed by atoms with E-state index in [9.17, 15) is 24.3 Å². The number of carbonyl (C=O) groups is 4. The molecule has 0 saturated heterocycles. The number of carboxylic acid groups (broad SMARTS) is 2. The zero-order valence-corrected chi connectivity index (χ0v) is 19.5. The van der Waals surface area contributed by atoms with Crippen LogP contribution in [0.25, 0.3) is 0 Å². The molecule has 6 N–H and O–H groups in total. The Hall–Kier alpha value is -4.19. The van der Waals surface area contributed by atoms with E-state index in [1.165, 1.54) is 30.3 Å². The highest BCUT2D eigenvalue weighted by Crippen LogP contribution is 2.18. The summed E-state index contributed by atoms with van der Waals surface area (Å²) in [5.74, 6) is -4.03.